The lowest BCUT2D eigenvalue weighted by Gasteiger charge is -2.13. The summed E-state index contributed by atoms with van der Waals surface area (Å²) in [6.07, 6.45) is 5.17. The molecule has 4 heteroatoms. The number of H-pyrrole nitrogens is 1. The number of carbonyl (C=O) groups is 1. The van der Waals surface area contributed by atoms with E-state index in [0.717, 1.165) is 23.2 Å². The molecule has 1 heterocycles. The molecule has 1 aromatic rings. The Labute approximate surface area is 112 Å². The molecule has 0 aliphatic heterocycles. The molecule has 1 rings (SSSR count). The number of rotatable bonds is 6. The number of aromatic amines is 1. The number of nitrogens with one attached hydrogen (secondary N) is 2. The van der Waals surface area contributed by atoms with E-state index in [0.29, 0.717) is 5.69 Å². The molecule has 0 radical (unpaired) electrons. The molecule has 96 valence electrons. The maximum absolute atomic E-state index is 11.8. The second-order valence-corrected chi connectivity index (χ2v) is 5.85. The van der Waals surface area contributed by atoms with Crippen molar-refractivity contribution in [2.45, 2.75) is 46.1 Å². The number of carbonyl (C=O) groups excluding carboxylic acids is 1. The maximum Gasteiger partial charge on any atom is 0.267 e. The Bertz CT molecular complexity index is 360. The van der Waals surface area contributed by atoms with Crippen molar-refractivity contribution in [3.8, 4) is 0 Å². The third-order valence-electron chi connectivity index (χ3n) is 2.69. The Morgan fingerprint density at radius 2 is 2.12 bits per heavy atom. The van der Waals surface area contributed by atoms with Gasteiger partial charge in [-0.3, -0.25) is 4.79 Å². The van der Waals surface area contributed by atoms with Crippen LogP contribution in [0.15, 0.2) is 16.7 Å². The van der Waals surface area contributed by atoms with Crippen LogP contribution < -0.4 is 5.32 Å². The van der Waals surface area contributed by atoms with Crippen molar-refractivity contribution in [1.29, 1.82) is 0 Å². The van der Waals surface area contributed by atoms with Crippen LogP contribution in [0.2, 0.25) is 0 Å². The predicted molar refractivity (Wildman–Crippen MR) is 74.1 cm³/mol. The number of amides is 1. The van der Waals surface area contributed by atoms with Gasteiger partial charge in [0.2, 0.25) is 0 Å². The van der Waals surface area contributed by atoms with Crippen molar-refractivity contribution in [3.63, 3.8) is 0 Å². The molecule has 0 aliphatic carbocycles. The van der Waals surface area contributed by atoms with Gasteiger partial charge in [-0.2, -0.15) is 0 Å². The Morgan fingerprint density at radius 3 is 2.65 bits per heavy atom. The average Bonchev–Trinajstić information content (AvgIpc) is 2.64. The van der Waals surface area contributed by atoms with Gasteiger partial charge in [-0.15, -0.1) is 0 Å². The van der Waals surface area contributed by atoms with Crippen molar-refractivity contribution in [3.05, 3.63) is 22.4 Å². The molecule has 0 saturated heterocycles. The average molecular weight is 301 g/mol. The number of hydrogen-bond acceptors (Lipinski definition) is 1. The fourth-order valence-electron chi connectivity index (χ4n) is 1.71. The first-order chi connectivity index (χ1) is 7.99. The summed E-state index contributed by atoms with van der Waals surface area (Å²) in [5, 5.41) is 2.99. The molecule has 3 nitrogen and oxygen atoms in total. The highest BCUT2D eigenvalue weighted by molar-refractivity contribution is 9.10. The van der Waals surface area contributed by atoms with E-state index in [1.807, 2.05) is 0 Å². The molecular weight excluding hydrogens is 280 g/mol. The van der Waals surface area contributed by atoms with Gasteiger partial charge in [0.05, 0.1) is 0 Å². The smallest absolute Gasteiger partial charge is 0.267 e. The normalized spacial score (nSPS) is 12.8. The van der Waals surface area contributed by atoms with Gasteiger partial charge in [-0.1, -0.05) is 26.7 Å². The second-order valence-electron chi connectivity index (χ2n) is 4.93. The fraction of sp³-hybridized carbons (Fsp3) is 0.615. The number of aromatic nitrogens is 1. The van der Waals surface area contributed by atoms with Crippen LogP contribution in [0.1, 0.15) is 50.5 Å². The van der Waals surface area contributed by atoms with Crippen LogP contribution in [0.25, 0.3) is 0 Å². The van der Waals surface area contributed by atoms with E-state index in [2.05, 4.69) is 47.0 Å². The van der Waals surface area contributed by atoms with Crippen LogP contribution in [0.4, 0.5) is 0 Å². The Kier molecular flexibility index (Phi) is 5.75. The van der Waals surface area contributed by atoms with Gasteiger partial charge in [0.15, 0.2) is 0 Å². The zero-order valence-corrected chi connectivity index (χ0v) is 12.3. The molecule has 0 fully saturated rings. The summed E-state index contributed by atoms with van der Waals surface area (Å²) in [7, 11) is 0. The molecule has 0 aromatic carbocycles. The SMILES string of the molecule is CC(C)CCCC(C)NC(=O)c1cc(Br)c[nH]1. The molecule has 0 saturated carbocycles. The first-order valence-electron chi connectivity index (χ1n) is 6.14. The molecule has 0 spiro atoms. The minimum Gasteiger partial charge on any atom is -0.356 e. The largest absolute Gasteiger partial charge is 0.356 e. The second kappa shape index (κ2) is 6.84. The van der Waals surface area contributed by atoms with Gasteiger partial charge in [-0.25, -0.2) is 0 Å². The summed E-state index contributed by atoms with van der Waals surface area (Å²) >= 11 is 3.31. The number of halogens is 1. The third-order valence-corrected chi connectivity index (χ3v) is 3.15. The van der Waals surface area contributed by atoms with Gasteiger partial charge in [0.25, 0.3) is 5.91 Å². The van der Waals surface area contributed by atoms with Crippen LogP contribution in [0.5, 0.6) is 0 Å². The Hall–Kier alpha value is -0.770. The molecular formula is C13H21BrN2O. The molecule has 1 amide bonds. The topological polar surface area (TPSA) is 44.9 Å². The van der Waals surface area contributed by atoms with Crippen LogP contribution in [0, 0.1) is 5.92 Å². The van der Waals surface area contributed by atoms with Gasteiger partial charge in [-0.05, 0) is 41.3 Å². The lowest BCUT2D eigenvalue weighted by Crippen LogP contribution is -2.32. The van der Waals surface area contributed by atoms with E-state index in [1.54, 1.807) is 12.3 Å². The number of hydrogen-bond donors (Lipinski definition) is 2. The summed E-state index contributed by atoms with van der Waals surface area (Å²) in [5.41, 5.74) is 0.604. The monoisotopic (exact) mass is 300 g/mol. The Balaban J connectivity index is 2.31. The summed E-state index contributed by atoms with van der Waals surface area (Å²) in [6.45, 7) is 6.50. The van der Waals surface area contributed by atoms with Crippen molar-refractivity contribution in [2.24, 2.45) is 5.92 Å². The zero-order valence-electron chi connectivity index (χ0n) is 10.7. The minimum atomic E-state index is -0.0345. The third kappa shape index (κ3) is 5.39. The molecule has 17 heavy (non-hydrogen) atoms. The fourth-order valence-corrected chi connectivity index (χ4v) is 2.05. The highest BCUT2D eigenvalue weighted by Gasteiger charge is 2.11. The van der Waals surface area contributed by atoms with Crippen LogP contribution in [-0.4, -0.2) is 16.9 Å². The quantitative estimate of drug-likeness (QED) is 0.826. The predicted octanol–water partition coefficient (Wildman–Crippen LogP) is 3.72. The zero-order chi connectivity index (χ0) is 12.8. The van der Waals surface area contributed by atoms with E-state index in [-0.39, 0.29) is 11.9 Å². The summed E-state index contributed by atoms with van der Waals surface area (Å²) in [5.74, 6) is 0.699. The van der Waals surface area contributed by atoms with Crippen molar-refractivity contribution >= 4 is 21.8 Å². The lowest BCUT2D eigenvalue weighted by atomic mass is 10.0. The van der Waals surface area contributed by atoms with Gasteiger partial charge >= 0.3 is 0 Å². The molecule has 1 aromatic heterocycles. The Morgan fingerprint density at radius 1 is 1.41 bits per heavy atom. The first kappa shape index (κ1) is 14.3. The highest BCUT2D eigenvalue weighted by Crippen LogP contribution is 2.11. The molecule has 2 N–H and O–H groups in total. The molecule has 0 aliphatic rings. The first-order valence-corrected chi connectivity index (χ1v) is 6.93. The standard InChI is InChI=1S/C13H21BrN2O/c1-9(2)5-4-6-10(3)16-13(17)12-7-11(14)8-15-12/h7-10,15H,4-6H2,1-3H3,(H,16,17). The molecule has 1 unspecified atom stereocenters. The van der Waals surface area contributed by atoms with E-state index in [9.17, 15) is 4.79 Å². The van der Waals surface area contributed by atoms with E-state index >= 15 is 0 Å². The molecule has 1 atom stereocenters. The van der Waals surface area contributed by atoms with Crippen molar-refractivity contribution < 1.29 is 4.79 Å². The highest BCUT2D eigenvalue weighted by atomic mass is 79.9. The van der Waals surface area contributed by atoms with E-state index < -0.39 is 0 Å². The molecule has 0 bridgehead atoms. The van der Waals surface area contributed by atoms with E-state index in [4.69, 9.17) is 0 Å². The van der Waals surface area contributed by atoms with Crippen LogP contribution in [0.3, 0.4) is 0 Å². The maximum atomic E-state index is 11.8. The van der Waals surface area contributed by atoms with Crippen molar-refractivity contribution in [1.82, 2.24) is 10.3 Å². The lowest BCUT2D eigenvalue weighted by molar-refractivity contribution is 0.0933. The van der Waals surface area contributed by atoms with Gasteiger partial charge < -0.3 is 10.3 Å². The van der Waals surface area contributed by atoms with Gasteiger partial charge in [0, 0.05) is 16.7 Å². The summed E-state index contributed by atoms with van der Waals surface area (Å²) in [4.78, 5) is 14.7. The summed E-state index contributed by atoms with van der Waals surface area (Å²) < 4.78 is 0.898. The van der Waals surface area contributed by atoms with Crippen LogP contribution >= 0.6 is 15.9 Å². The van der Waals surface area contributed by atoms with Crippen molar-refractivity contribution in [2.75, 3.05) is 0 Å². The summed E-state index contributed by atoms with van der Waals surface area (Å²) in [6, 6.07) is 2.01. The van der Waals surface area contributed by atoms with E-state index in [1.165, 1.54) is 6.42 Å². The minimum absolute atomic E-state index is 0.0345. The van der Waals surface area contributed by atoms with Gasteiger partial charge in [0.1, 0.15) is 5.69 Å². The van der Waals surface area contributed by atoms with Crippen LogP contribution in [-0.2, 0) is 0 Å².